The number of rotatable bonds is 5. The molecule has 1 aromatic carbocycles. The summed E-state index contributed by atoms with van der Waals surface area (Å²) in [6, 6.07) is 8.19. The van der Waals surface area contributed by atoms with E-state index in [4.69, 9.17) is 0 Å². The van der Waals surface area contributed by atoms with Crippen LogP contribution >= 0.6 is 11.3 Å². The fourth-order valence-electron chi connectivity index (χ4n) is 2.04. The van der Waals surface area contributed by atoms with Gasteiger partial charge < -0.3 is 10.2 Å². The first-order valence-corrected chi connectivity index (χ1v) is 7.26. The molecule has 4 nitrogen and oxygen atoms in total. The molecule has 0 unspecified atom stereocenters. The third kappa shape index (κ3) is 3.23. The lowest BCUT2D eigenvalue weighted by Gasteiger charge is -2.10. The van der Waals surface area contributed by atoms with Gasteiger partial charge >= 0.3 is 0 Å². The van der Waals surface area contributed by atoms with Crippen LogP contribution in [0.5, 0.6) is 0 Å². The van der Waals surface area contributed by atoms with E-state index in [9.17, 15) is 4.79 Å². The molecule has 0 aliphatic rings. The summed E-state index contributed by atoms with van der Waals surface area (Å²) in [7, 11) is 5.89. The third-order valence-corrected chi connectivity index (χ3v) is 4.03. The van der Waals surface area contributed by atoms with Crippen LogP contribution in [-0.2, 0) is 6.54 Å². The third-order valence-electron chi connectivity index (χ3n) is 2.86. The highest BCUT2D eigenvalue weighted by Gasteiger charge is 2.16. The number of benzene rings is 1. The van der Waals surface area contributed by atoms with E-state index >= 15 is 0 Å². The average molecular weight is 289 g/mol. The lowest BCUT2D eigenvalue weighted by molar-refractivity contribution is 0.102. The maximum Gasteiger partial charge on any atom is 0.183 e. The van der Waals surface area contributed by atoms with Gasteiger partial charge in [-0.1, -0.05) is 29.5 Å². The van der Waals surface area contributed by atoms with E-state index < -0.39 is 0 Å². The lowest BCUT2D eigenvalue weighted by Crippen LogP contribution is -2.10. The van der Waals surface area contributed by atoms with Crippen LogP contribution in [0.25, 0.3) is 11.3 Å². The second-order valence-electron chi connectivity index (χ2n) is 4.94. The Hall–Kier alpha value is -1.72. The SMILES string of the molecule is CNc1nc(-c2cccc(CN(C)C)c2)c(C(C)=O)s1. The summed E-state index contributed by atoms with van der Waals surface area (Å²) in [5, 5.41) is 3.77. The van der Waals surface area contributed by atoms with Crippen molar-refractivity contribution in [3.8, 4) is 11.3 Å². The lowest BCUT2D eigenvalue weighted by atomic mass is 10.1. The number of ketones is 1. The first-order chi connectivity index (χ1) is 9.51. The van der Waals surface area contributed by atoms with Gasteiger partial charge in [-0.3, -0.25) is 4.79 Å². The van der Waals surface area contributed by atoms with Crippen molar-refractivity contribution in [1.29, 1.82) is 0 Å². The molecule has 1 N–H and O–H groups in total. The van der Waals surface area contributed by atoms with Gasteiger partial charge in [-0.25, -0.2) is 4.98 Å². The van der Waals surface area contributed by atoms with Crippen LogP contribution in [-0.4, -0.2) is 36.8 Å². The Balaban J connectivity index is 2.45. The summed E-state index contributed by atoms with van der Waals surface area (Å²) in [4.78, 5) is 19.1. The fourth-order valence-corrected chi connectivity index (χ4v) is 2.88. The molecule has 0 amide bonds. The van der Waals surface area contributed by atoms with Gasteiger partial charge in [-0.15, -0.1) is 0 Å². The predicted octanol–water partition coefficient (Wildman–Crippen LogP) is 3.12. The van der Waals surface area contributed by atoms with Gasteiger partial charge in [0, 0.05) is 26.1 Å². The standard InChI is InChI=1S/C15H19N3OS/c1-10(19)14-13(17-15(16-2)20-14)12-7-5-6-11(8-12)9-18(3)4/h5-8H,9H2,1-4H3,(H,16,17). The molecule has 0 radical (unpaired) electrons. The summed E-state index contributed by atoms with van der Waals surface area (Å²) in [6.07, 6.45) is 0. The van der Waals surface area contributed by atoms with Gasteiger partial charge in [-0.2, -0.15) is 0 Å². The van der Waals surface area contributed by atoms with Gasteiger partial charge in [0.1, 0.15) is 0 Å². The molecule has 0 atom stereocenters. The Labute approximate surface area is 123 Å². The number of hydrogen-bond donors (Lipinski definition) is 1. The number of aromatic nitrogens is 1. The number of nitrogens with zero attached hydrogens (tertiary/aromatic N) is 2. The molecular formula is C15H19N3OS. The topological polar surface area (TPSA) is 45.2 Å². The molecule has 2 aromatic rings. The molecule has 0 fully saturated rings. The monoisotopic (exact) mass is 289 g/mol. The zero-order chi connectivity index (χ0) is 14.7. The predicted molar refractivity (Wildman–Crippen MR) is 84.5 cm³/mol. The maximum atomic E-state index is 11.8. The number of anilines is 1. The highest BCUT2D eigenvalue weighted by Crippen LogP contribution is 2.31. The largest absolute Gasteiger partial charge is 0.365 e. The molecular weight excluding hydrogens is 270 g/mol. The number of hydrogen-bond acceptors (Lipinski definition) is 5. The molecule has 106 valence electrons. The van der Waals surface area contributed by atoms with E-state index in [0.29, 0.717) is 4.88 Å². The van der Waals surface area contributed by atoms with E-state index in [-0.39, 0.29) is 5.78 Å². The first-order valence-electron chi connectivity index (χ1n) is 6.45. The molecule has 0 saturated heterocycles. The van der Waals surface area contributed by atoms with E-state index in [1.165, 1.54) is 16.9 Å². The summed E-state index contributed by atoms with van der Waals surface area (Å²) >= 11 is 1.40. The van der Waals surface area contributed by atoms with E-state index in [1.807, 2.05) is 33.3 Å². The minimum absolute atomic E-state index is 0.0528. The Kier molecular flexibility index (Phi) is 4.52. The fraction of sp³-hybridized carbons (Fsp3) is 0.333. The van der Waals surface area contributed by atoms with Gasteiger partial charge in [-0.05, 0) is 25.7 Å². The molecule has 20 heavy (non-hydrogen) atoms. The van der Waals surface area contributed by atoms with Crippen molar-refractivity contribution >= 4 is 22.3 Å². The highest BCUT2D eigenvalue weighted by atomic mass is 32.1. The second kappa shape index (κ2) is 6.15. The molecule has 0 bridgehead atoms. The minimum atomic E-state index is 0.0528. The van der Waals surface area contributed by atoms with Crippen molar-refractivity contribution in [2.75, 3.05) is 26.5 Å². The molecule has 5 heteroatoms. The molecule has 0 spiro atoms. The van der Waals surface area contributed by atoms with Gasteiger partial charge in [0.25, 0.3) is 0 Å². The zero-order valence-corrected chi connectivity index (χ0v) is 13.0. The number of thiazole rings is 1. The quantitative estimate of drug-likeness (QED) is 0.859. The van der Waals surface area contributed by atoms with E-state index in [2.05, 4.69) is 27.3 Å². The van der Waals surface area contributed by atoms with Gasteiger partial charge in [0.15, 0.2) is 10.9 Å². The Morgan fingerprint density at radius 2 is 2.15 bits per heavy atom. The van der Waals surface area contributed by atoms with Crippen molar-refractivity contribution in [2.45, 2.75) is 13.5 Å². The number of carbonyl (C=O) groups excluding carboxylic acids is 1. The summed E-state index contributed by atoms with van der Waals surface area (Å²) in [5.74, 6) is 0.0528. The van der Waals surface area contributed by atoms with Crippen LogP contribution in [0.3, 0.4) is 0 Å². The highest BCUT2D eigenvalue weighted by molar-refractivity contribution is 7.18. The minimum Gasteiger partial charge on any atom is -0.365 e. The van der Waals surface area contributed by atoms with Crippen molar-refractivity contribution < 1.29 is 4.79 Å². The van der Waals surface area contributed by atoms with E-state index in [0.717, 1.165) is 22.9 Å². The van der Waals surface area contributed by atoms with Gasteiger partial charge in [0.05, 0.1) is 10.6 Å². The Morgan fingerprint density at radius 3 is 2.75 bits per heavy atom. The van der Waals surface area contributed by atoms with Crippen molar-refractivity contribution in [3.63, 3.8) is 0 Å². The Morgan fingerprint density at radius 1 is 1.40 bits per heavy atom. The normalized spacial score (nSPS) is 10.8. The second-order valence-corrected chi connectivity index (χ2v) is 5.94. The summed E-state index contributed by atoms with van der Waals surface area (Å²) < 4.78 is 0. The van der Waals surface area contributed by atoms with Crippen molar-refractivity contribution in [3.05, 3.63) is 34.7 Å². The average Bonchev–Trinajstić information content (AvgIpc) is 2.82. The summed E-state index contributed by atoms with van der Waals surface area (Å²) in [6.45, 7) is 2.45. The number of Topliss-reactive ketones (excluding diaryl/α,β-unsaturated/α-hetero) is 1. The molecule has 0 aliphatic heterocycles. The summed E-state index contributed by atoms with van der Waals surface area (Å²) in [5.41, 5.74) is 2.97. The molecule has 1 heterocycles. The van der Waals surface area contributed by atoms with E-state index in [1.54, 1.807) is 6.92 Å². The number of nitrogens with one attached hydrogen (secondary N) is 1. The van der Waals surface area contributed by atoms with Crippen LogP contribution in [0.1, 0.15) is 22.2 Å². The van der Waals surface area contributed by atoms with Crippen LogP contribution in [0.4, 0.5) is 5.13 Å². The van der Waals surface area contributed by atoms with Crippen molar-refractivity contribution in [1.82, 2.24) is 9.88 Å². The number of carbonyl (C=O) groups is 1. The maximum absolute atomic E-state index is 11.8. The van der Waals surface area contributed by atoms with Crippen LogP contribution in [0.2, 0.25) is 0 Å². The molecule has 1 aromatic heterocycles. The van der Waals surface area contributed by atoms with Crippen LogP contribution in [0, 0.1) is 0 Å². The van der Waals surface area contributed by atoms with Crippen molar-refractivity contribution in [2.24, 2.45) is 0 Å². The van der Waals surface area contributed by atoms with Crippen LogP contribution in [0.15, 0.2) is 24.3 Å². The van der Waals surface area contributed by atoms with Crippen LogP contribution < -0.4 is 5.32 Å². The molecule has 2 rings (SSSR count). The molecule has 0 saturated carbocycles. The zero-order valence-electron chi connectivity index (χ0n) is 12.2. The van der Waals surface area contributed by atoms with Gasteiger partial charge in [0.2, 0.25) is 0 Å². The smallest absolute Gasteiger partial charge is 0.183 e. The first kappa shape index (κ1) is 14.7. The molecule has 0 aliphatic carbocycles. The Bertz CT molecular complexity index is 619.